The molecule has 0 saturated heterocycles. The zero-order valence-corrected chi connectivity index (χ0v) is 10.9. The number of hydrogen-bond donors (Lipinski definition) is 2. The quantitative estimate of drug-likeness (QED) is 0.793. The minimum atomic E-state index is -0.0691. The van der Waals surface area contributed by atoms with Crippen molar-refractivity contribution >= 4 is 28.9 Å². The van der Waals surface area contributed by atoms with Crippen LogP contribution in [0.4, 0.5) is 11.4 Å². The predicted molar refractivity (Wildman–Crippen MR) is 72.3 cm³/mol. The van der Waals surface area contributed by atoms with E-state index in [9.17, 15) is 4.79 Å². The zero-order chi connectivity index (χ0) is 12.8. The van der Waals surface area contributed by atoms with Crippen molar-refractivity contribution < 1.29 is 4.79 Å². The summed E-state index contributed by atoms with van der Waals surface area (Å²) >= 11 is 5.97. The van der Waals surface area contributed by atoms with Crippen molar-refractivity contribution in [1.82, 2.24) is 4.90 Å². The molecule has 0 aliphatic carbocycles. The molecule has 0 radical (unpaired) electrons. The number of nitrogens with one attached hydrogen (secondary N) is 1. The van der Waals surface area contributed by atoms with Crippen LogP contribution in [0.5, 0.6) is 0 Å². The molecular formula is C12H18ClN3O. The number of rotatable bonds is 5. The lowest BCUT2D eigenvalue weighted by Gasteiger charge is -2.17. The van der Waals surface area contributed by atoms with Gasteiger partial charge < -0.3 is 11.1 Å². The molecular weight excluding hydrogens is 238 g/mol. The minimum Gasteiger partial charge on any atom is -0.399 e. The van der Waals surface area contributed by atoms with E-state index in [2.05, 4.69) is 5.32 Å². The van der Waals surface area contributed by atoms with Gasteiger partial charge in [-0.2, -0.15) is 0 Å². The Bertz CT molecular complexity index is 391. The van der Waals surface area contributed by atoms with Crippen LogP contribution >= 0.6 is 11.6 Å². The molecule has 3 N–H and O–H groups in total. The molecule has 94 valence electrons. The lowest BCUT2D eigenvalue weighted by Crippen LogP contribution is -2.32. The highest BCUT2D eigenvalue weighted by Gasteiger charge is 2.09. The molecule has 0 aliphatic heterocycles. The van der Waals surface area contributed by atoms with Crippen LogP contribution in [0.2, 0.25) is 5.02 Å². The van der Waals surface area contributed by atoms with E-state index in [1.807, 2.05) is 18.7 Å². The summed E-state index contributed by atoms with van der Waals surface area (Å²) in [5.74, 6) is -0.0691. The first-order chi connectivity index (χ1) is 8.06. The van der Waals surface area contributed by atoms with Crippen molar-refractivity contribution in [3.8, 4) is 0 Å². The molecule has 0 heterocycles. The fourth-order valence-corrected chi connectivity index (χ4v) is 1.71. The Morgan fingerprint density at radius 2 is 2.06 bits per heavy atom. The fourth-order valence-electron chi connectivity index (χ4n) is 1.47. The van der Waals surface area contributed by atoms with Crippen molar-refractivity contribution in [2.75, 3.05) is 30.7 Å². The second kappa shape index (κ2) is 6.47. The van der Waals surface area contributed by atoms with E-state index < -0.39 is 0 Å². The highest BCUT2D eigenvalue weighted by atomic mass is 35.5. The maximum absolute atomic E-state index is 11.7. The van der Waals surface area contributed by atoms with E-state index in [1.54, 1.807) is 18.2 Å². The Hall–Kier alpha value is -1.26. The SMILES string of the molecule is CCN(CC)CC(=O)Nc1ccc(N)cc1Cl. The number of carbonyl (C=O) groups is 1. The van der Waals surface area contributed by atoms with Crippen LogP contribution in [-0.4, -0.2) is 30.4 Å². The summed E-state index contributed by atoms with van der Waals surface area (Å²) in [5, 5.41) is 3.22. The lowest BCUT2D eigenvalue weighted by atomic mass is 10.3. The molecule has 0 aliphatic rings. The summed E-state index contributed by atoms with van der Waals surface area (Å²) in [5.41, 5.74) is 6.75. The third-order valence-electron chi connectivity index (χ3n) is 2.53. The van der Waals surface area contributed by atoms with Crippen LogP contribution in [0, 0.1) is 0 Å². The first-order valence-electron chi connectivity index (χ1n) is 5.64. The second-order valence-corrected chi connectivity index (χ2v) is 4.16. The van der Waals surface area contributed by atoms with Gasteiger partial charge in [0.2, 0.25) is 5.91 Å². The van der Waals surface area contributed by atoms with Gasteiger partial charge in [-0.1, -0.05) is 25.4 Å². The van der Waals surface area contributed by atoms with Crippen molar-refractivity contribution in [3.63, 3.8) is 0 Å². The summed E-state index contributed by atoms with van der Waals surface area (Å²) in [4.78, 5) is 13.8. The smallest absolute Gasteiger partial charge is 0.238 e. The molecule has 0 unspecified atom stereocenters. The minimum absolute atomic E-state index is 0.0691. The van der Waals surface area contributed by atoms with Crippen LogP contribution in [0.25, 0.3) is 0 Å². The van der Waals surface area contributed by atoms with Crippen molar-refractivity contribution in [2.24, 2.45) is 0 Å². The Morgan fingerprint density at radius 1 is 1.41 bits per heavy atom. The molecule has 0 spiro atoms. The van der Waals surface area contributed by atoms with Gasteiger partial charge in [0.05, 0.1) is 17.3 Å². The van der Waals surface area contributed by atoms with Gasteiger partial charge in [0.15, 0.2) is 0 Å². The normalized spacial score (nSPS) is 10.6. The summed E-state index contributed by atoms with van der Waals surface area (Å²) < 4.78 is 0. The first kappa shape index (κ1) is 13.8. The Morgan fingerprint density at radius 3 is 2.59 bits per heavy atom. The lowest BCUT2D eigenvalue weighted by molar-refractivity contribution is -0.117. The fraction of sp³-hybridized carbons (Fsp3) is 0.417. The number of carbonyl (C=O) groups excluding carboxylic acids is 1. The Labute approximate surface area is 107 Å². The number of benzene rings is 1. The highest BCUT2D eigenvalue weighted by Crippen LogP contribution is 2.23. The second-order valence-electron chi connectivity index (χ2n) is 3.75. The zero-order valence-electron chi connectivity index (χ0n) is 10.2. The van der Waals surface area contributed by atoms with Crippen LogP contribution < -0.4 is 11.1 Å². The highest BCUT2D eigenvalue weighted by molar-refractivity contribution is 6.34. The summed E-state index contributed by atoms with van der Waals surface area (Å²) in [7, 11) is 0. The van der Waals surface area contributed by atoms with Crippen molar-refractivity contribution in [1.29, 1.82) is 0 Å². The molecule has 0 atom stereocenters. The molecule has 5 heteroatoms. The van der Waals surface area contributed by atoms with Crippen molar-refractivity contribution in [3.05, 3.63) is 23.2 Å². The number of nitrogens with zero attached hydrogens (tertiary/aromatic N) is 1. The largest absolute Gasteiger partial charge is 0.399 e. The molecule has 0 aromatic heterocycles. The molecule has 1 aromatic rings. The standard InChI is InChI=1S/C12H18ClN3O/c1-3-16(4-2)8-12(17)15-11-6-5-9(14)7-10(11)13/h5-7H,3-4,8,14H2,1-2H3,(H,15,17). The van der Waals surface area contributed by atoms with Gasteiger partial charge in [-0.25, -0.2) is 0 Å². The van der Waals surface area contributed by atoms with Gasteiger partial charge in [-0.05, 0) is 31.3 Å². The van der Waals surface area contributed by atoms with E-state index in [4.69, 9.17) is 17.3 Å². The van der Waals surface area contributed by atoms with Crippen LogP contribution in [0.1, 0.15) is 13.8 Å². The summed E-state index contributed by atoms with van der Waals surface area (Å²) in [6.07, 6.45) is 0. The number of halogens is 1. The molecule has 0 bridgehead atoms. The maximum Gasteiger partial charge on any atom is 0.238 e. The van der Waals surface area contributed by atoms with Gasteiger partial charge in [0.25, 0.3) is 0 Å². The van der Waals surface area contributed by atoms with Crippen LogP contribution in [0.15, 0.2) is 18.2 Å². The van der Waals surface area contributed by atoms with E-state index in [-0.39, 0.29) is 5.91 Å². The van der Waals surface area contributed by atoms with Gasteiger partial charge >= 0.3 is 0 Å². The molecule has 1 rings (SSSR count). The summed E-state index contributed by atoms with van der Waals surface area (Å²) in [6, 6.07) is 5.03. The average molecular weight is 256 g/mol. The topological polar surface area (TPSA) is 58.4 Å². The average Bonchev–Trinajstić information content (AvgIpc) is 2.29. The molecule has 17 heavy (non-hydrogen) atoms. The van der Waals surface area contributed by atoms with Crippen LogP contribution in [0.3, 0.4) is 0 Å². The van der Waals surface area contributed by atoms with E-state index in [0.29, 0.717) is 22.9 Å². The van der Waals surface area contributed by atoms with E-state index in [1.165, 1.54) is 0 Å². The third-order valence-corrected chi connectivity index (χ3v) is 2.84. The molecule has 0 fully saturated rings. The van der Waals surface area contributed by atoms with E-state index >= 15 is 0 Å². The predicted octanol–water partition coefficient (Wildman–Crippen LogP) is 2.20. The first-order valence-corrected chi connectivity index (χ1v) is 6.01. The van der Waals surface area contributed by atoms with E-state index in [0.717, 1.165) is 13.1 Å². The van der Waals surface area contributed by atoms with Gasteiger partial charge in [0, 0.05) is 5.69 Å². The van der Waals surface area contributed by atoms with Gasteiger partial charge in [0.1, 0.15) is 0 Å². The number of anilines is 2. The van der Waals surface area contributed by atoms with Crippen LogP contribution in [-0.2, 0) is 4.79 Å². The van der Waals surface area contributed by atoms with Gasteiger partial charge in [-0.3, -0.25) is 9.69 Å². The molecule has 1 amide bonds. The molecule has 4 nitrogen and oxygen atoms in total. The Balaban J connectivity index is 2.62. The number of nitrogen functional groups attached to an aromatic ring is 1. The number of nitrogens with two attached hydrogens (primary N) is 1. The number of hydrogen-bond acceptors (Lipinski definition) is 3. The summed E-state index contributed by atoms with van der Waals surface area (Å²) in [6.45, 7) is 6.10. The molecule has 0 saturated carbocycles. The Kier molecular flexibility index (Phi) is 5.25. The monoisotopic (exact) mass is 255 g/mol. The number of amides is 1. The number of likely N-dealkylation sites (N-methyl/N-ethyl adjacent to an activating group) is 1. The molecule has 1 aromatic carbocycles. The maximum atomic E-state index is 11.7. The third kappa shape index (κ3) is 4.24. The van der Waals surface area contributed by atoms with Crippen molar-refractivity contribution in [2.45, 2.75) is 13.8 Å². The van der Waals surface area contributed by atoms with Gasteiger partial charge in [-0.15, -0.1) is 0 Å².